The number of hydrogen-bond acceptors (Lipinski definition) is 3. The summed E-state index contributed by atoms with van der Waals surface area (Å²) in [6.45, 7) is 6.52. The standard InChI is InChI=1S/C21H22N2O3S/c1-3-13-22(16-24)14-12-18-15-23(21-7-5-4-6-20(18)21)27(25,26)19-10-8-17(2)9-11-19/h3-11,15-16H,1,12-14H2,2H3. The molecule has 0 fully saturated rings. The smallest absolute Gasteiger partial charge is 0.268 e. The second kappa shape index (κ2) is 7.80. The van der Waals surface area contributed by atoms with Gasteiger partial charge >= 0.3 is 0 Å². The molecule has 0 saturated carbocycles. The summed E-state index contributed by atoms with van der Waals surface area (Å²) in [7, 11) is -3.70. The summed E-state index contributed by atoms with van der Waals surface area (Å²) < 4.78 is 27.6. The van der Waals surface area contributed by atoms with Gasteiger partial charge in [0.25, 0.3) is 10.0 Å². The van der Waals surface area contributed by atoms with Crippen LogP contribution in [0.5, 0.6) is 0 Å². The highest BCUT2D eigenvalue weighted by Gasteiger charge is 2.21. The molecule has 0 spiro atoms. The normalized spacial score (nSPS) is 11.4. The summed E-state index contributed by atoms with van der Waals surface area (Å²) in [4.78, 5) is 13.0. The zero-order valence-electron chi connectivity index (χ0n) is 15.2. The van der Waals surface area contributed by atoms with E-state index in [4.69, 9.17) is 0 Å². The Bertz CT molecular complexity index is 1070. The van der Waals surface area contributed by atoms with Gasteiger partial charge in [0, 0.05) is 24.7 Å². The minimum Gasteiger partial charge on any atom is -0.341 e. The van der Waals surface area contributed by atoms with E-state index in [2.05, 4.69) is 6.58 Å². The molecule has 0 N–H and O–H groups in total. The lowest BCUT2D eigenvalue weighted by Crippen LogP contribution is -2.24. The van der Waals surface area contributed by atoms with Crippen molar-refractivity contribution in [2.75, 3.05) is 13.1 Å². The summed E-state index contributed by atoms with van der Waals surface area (Å²) in [5.41, 5.74) is 2.52. The van der Waals surface area contributed by atoms with Crippen LogP contribution in [0.4, 0.5) is 0 Å². The molecular formula is C21H22N2O3S. The zero-order chi connectivity index (χ0) is 19.4. The lowest BCUT2D eigenvalue weighted by atomic mass is 10.1. The minimum atomic E-state index is -3.70. The molecule has 0 unspecified atom stereocenters. The topological polar surface area (TPSA) is 59.4 Å². The van der Waals surface area contributed by atoms with Crippen molar-refractivity contribution in [3.05, 3.63) is 78.5 Å². The molecule has 1 heterocycles. The van der Waals surface area contributed by atoms with Crippen LogP contribution in [0.1, 0.15) is 11.1 Å². The summed E-state index contributed by atoms with van der Waals surface area (Å²) in [5, 5.41) is 0.873. The highest BCUT2D eigenvalue weighted by Crippen LogP contribution is 2.26. The Labute approximate surface area is 159 Å². The fraction of sp³-hybridized carbons (Fsp3) is 0.190. The molecule has 2 aromatic carbocycles. The van der Waals surface area contributed by atoms with Gasteiger partial charge in [0.1, 0.15) is 0 Å². The first-order valence-corrected chi connectivity index (χ1v) is 10.1. The summed E-state index contributed by atoms with van der Waals surface area (Å²) >= 11 is 0. The first kappa shape index (κ1) is 18.9. The van der Waals surface area contributed by atoms with Crippen LogP contribution in [0.2, 0.25) is 0 Å². The number of carbonyl (C=O) groups excluding carboxylic acids is 1. The van der Waals surface area contributed by atoms with Gasteiger partial charge in [-0.25, -0.2) is 12.4 Å². The molecule has 1 amide bonds. The minimum absolute atomic E-state index is 0.251. The third-order valence-electron chi connectivity index (χ3n) is 4.52. The first-order valence-electron chi connectivity index (χ1n) is 8.69. The molecular weight excluding hydrogens is 360 g/mol. The van der Waals surface area contributed by atoms with E-state index in [1.165, 1.54) is 3.97 Å². The third kappa shape index (κ3) is 3.80. The third-order valence-corrected chi connectivity index (χ3v) is 6.21. The van der Waals surface area contributed by atoms with Crippen LogP contribution in [-0.4, -0.2) is 36.8 Å². The largest absolute Gasteiger partial charge is 0.341 e. The van der Waals surface area contributed by atoms with Crippen molar-refractivity contribution in [2.45, 2.75) is 18.2 Å². The Morgan fingerprint density at radius 1 is 1.11 bits per heavy atom. The molecule has 0 radical (unpaired) electrons. The maximum atomic E-state index is 13.2. The number of rotatable bonds is 8. The van der Waals surface area contributed by atoms with Crippen molar-refractivity contribution in [1.82, 2.24) is 8.87 Å². The number of benzene rings is 2. The number of para-hydroxylation sites is 1. The molecule has 0 saturated heterocycles. The monoisotopic (exact) mass is 382 g/mol. The molecule has 0 bridgehead atoms. The van der Waals surface area contributed by atoms with Gasteiger partial charge < -0.3 is 4.90 Å². The van der Waals surface area contributed by atoms with E-state index in [0.717, 1.165) is 22.9 Å². The van der Waals surface area contributed by atoms with Gasteiger partial charge in [-0.1, -0.05) is 42.0 Å². The molecule has 0 aliphatic rings. The summed E-state index contributed by atoms with van der Waals surface area (Å²) in [6.07, 6.45) is 4.67. The van der Waals surface area contributed by atoms with Crippen molar-refractivity contribution in [1.29, 1.82) is 0 Å². The van der Waals surface area contributed by atoms with Crippen molar-refractivity contribution >= 4 is 27.3 Å². The van der Waals surface area contributed by atoms with Gasteiger partial charge in [-0.3, -0.25) is 4.79 Å². The Hall–Kier alpha value is -2.86. The summed E-state index contributed by atoms with van der Waals surface area (Å²) in [6, 6.07) is 14.2. The predicted octanol–water partition coefficient (Wildman–Crippen LogP) is 3.37. The van der Waals surface area contributed by atoms with Crippen LogP contribution in [0.15, 0.2) is 72.3 Å². The van der Waals surface area contributed by atoms with Gasteiger partial charge in [0.15, 0.2) is 0 Å². The lowest BCUT2D eigenvalue weighted by Gasteiger charge is -2.14. The van der Waals surface area contributed by atoms with Gasteiger partial charge in [-0.15, -0.1) is 6.58 Å². The fourth-order valence-corrected chi connectivity index (χ4v) is 4.45. The van der Waals surface area contributed by atoms with E-state index in [1.54, 1.807) is 47.5 Å². The van der Waals surface area contributed by atoms with E-state index < -0.39 is 10.0 Å². The van der Waals surface area contributed by atoms with E-state index in [-0.39, 0.29) is 4.90 Å². The maximum Gasteiger partial charge on any atom is 0.268 e. The van der Waals surface area contributed by atoms with Gasteiger partial charge in [-0.05, 0) is 37.1 Å². The van der Waals surface area contributed by atoms with Crippen molar-refractivity contribution in [3.63, 3.8) is 0 Å². The fourth-order valence-electron chi connectivity index (χ4n) is 3.06. The highest BCUT2D eigenvalue weighted by molar-refractivity contribution is 7.90. The number of hydrogen-bond donors (Lipinski definition) is 0. The number of aryl methyl sites for hydroxylation is 1. The van der Waals surface area contributed by atoms with Crippen molar-refractivity contribution in [3.8, 4) is 0 Å². The molecule has 0 aliphatic heterocycles. The van der Waals surface area contributed by atoms with Gasteiger partial charge in [0.2, 0.25) is 6.41 Å². The van der Waals surface area contributed by atoms with Crippen LogP contribution in [0.3, 0.4) is 0 Å². The van der Waals surface area contributed by atoms with Crippen LogP contribution in [0.25, 0.3) is 10.9 Å². The first-order chi connectivity index (χ1) is 13.0. The number of aromatic nitrogens is 1. The Balaban J connectivity index is 2.03. The average molecular weight is 382 g/mol. The zero-order valence-corrected chi connectivity index (χ0v) is 16.0. The van der Waals surface area contributed by atoms with E-state index in [0.29, 0.717) is 25.0 Å². The van der Waals surface area contributed by atoms with E-state index >= 15 is 0 Å². The van der Waals surface area contributed by atoms with Crippen LogP contribution in [0, 0.1) is 6.92 Å². The van der Waals surface area contributed by atoms with Crippen LogP contribution >= 0.6 is 0 Å². The second-order valence-corrected chi connectivity index (χ2v) is 8.24. The van der Waals surface area contributed by atoms with E-state index in [1.807, 2.05) is 25.1 Å². The SMILES string of the molecule is C=CCN(C=O)CCc1cn(S(=O)(=O)c2ccc(C)cc2)c2ccccc12. The average Bonchev–Trinajstić information content (AvgIpc) is 3.05. The molecule has 6 heteroatoms. The molecule has 0 atom stereocenters. The van der Waals surface area contributed by atoms with Crippen molar-refractivity contribution < 1.29 is 13.2 Å². The van der Waals surface area contributed by atoms with Gasteiger partial charge in [0.05, 0.1) is 10.4 Å². The molecule has 0 aliphatic carbocycles. The Kier molecular flexibility index (Phi) is 5.46. The Morgan fingerprint density at radius 2 is 1.81 bits per heavy atom. The molecule has 27 heavy (non-hydrogen) atoms. The molecule has 3 aromatic rings. The summed E-state index contributed by atoms with van der Waals surface area (Å²) in [5.74, 6) is 0. The number of carbonyl (C=O) groups is 1. The molecule has 5 nitrogen and oxygen atoms in total. The number of amides is 1. The van der Waals surface area contributed by atoms with Gasteiger partial charge in [-0.2, -0.15) is 0 Å². The van der Waals surface area contributed by atoms with Crippen molar-refractivity contribution in [2.24, 2.45) is 0 Å². The van der Waals surface area contributed by atoms with Crippen LogP contribution in [-0.2, 0) is 21.2 Å². The molecule has 3 rings (SSSR count). The highest BCUT2D eigenvalue weighted by atomic mass is 32.2. The lowest BCUT2D eigenvalue weighted by molar-refractivity contribution is -0.117. The van der Waals surface area contributed by atoms with Crippen LogP contribution < -0.4 is 0 Å². The van der Waals surface area contributed by atoms with E-state index in [9.17, 15) is 13.2 Å². The maximum absolute atomic E-state index is 13.2. The predicted molar refractivity (Wildman–Crippen MR) is 107 cm³/mol. The quantitative estimate of drug-likeness (QED) is 0.443. The number of fused-ring (bicyclic) bond motifs is 1. The Morgan fingerprint density at radius 3 is 2.48 bits per heavy atom. The number of nitrogens with zero attached hydrogens (tertiary/aromatic N) is 2. The molecule has 1 aromatic heterocycles. The second-order valence-electron chi connectivity index (χ2n) is 6.42. The molecule has 140 valence electrons.